The zero-order valence-corrected chi connectivity index (χ0v) is 10.0. The maximum absolute atomic E-state index is 12.0. The molecule has 102 valence electrons. The molecule has 0 aliphatic heterocycles. The van der Waals surface area contributed by atoms with E-state index in [0.717, 1.165) is 0 Å². The summed E-state index contributed by atoms with van der Waals surface area (Å²) < 4.78 is 46.4. The van der Waals surface area contributed by atoms with Crippen molar-refractivity contribution in [1.82, 2.24) is 0 Å². The second kappa shape index (κ2) is 6.61. The third kappa shape index (κ3) is 4.54. The van der Waals surface area contributed by atoms with Gasteiger partial charge in [-0.05, 0) is 6.07 Å². The van der Waals surface area contributed by atoms with E-state index in [2.05, 4.69) is 0 Å². The summed E-state index contributed by atoms with van der Waals surface area (Å²) in [5, 5.41) is 0. The standard InChI is InChI=1S/C12H16F3NO2/c1-17-10-5-3-2-4-9(10)11(8-16)18-7-6-12(13,14)15/h2-5,11H,6-8,16H2,1H3. The Kier molecular flexibility index (Phi) is 5.43. The van der Waals surface area contributed by atoms with Gasteiger partial charge in [0.25, 0.3) is 0 Å². The molecule has 0 radical (unpaired) electrons. The first-order valence-corrected chi connectivity index (χ1v) is 5.49. The second-order valence-electron chi connectivity index (χ2n) is 3.70. The van der Waals surface area contributed by atoms with Crippen LogP contribution in [0.2, 0.25) is 0 Å². The molecule has 0 aliphatic rings. The number of alkyl halides is 3. The third-order valence-electron chi connectivity index (χ3n) is 2.40. The van der Waals surface area contributed by atoms with Gasteiger partial charge >= 0.3 is 6.18 Å². The Balaban J connectivity index is 2.65. The Morgan fingerprint density at radius 2 is 1.94 bits per heavy atom. The minimum Gasteiger partial charge on any atom is -0.496 e. The van der Waals surface area contributed by atoms with Crippen LogP contribution in [0.15, 0.2) is 24.3 Å². The van der Waals surface area contributed by atoms with Crippen molar-refractivity contribution in [3.05, 3.63) is 29.8 Å². The molecule has 1 atom stereocenters. The van der Waals surface area contributed by atoms with E-state index in [9.17, 15) is 13.2 Å². The number of rotatable bonds is 6. The molecule has 18 heavy (non-hydrogen) atoms. The molecule has 0 bridgehead atoms. The van der Waals surface area contributed by atoms with Gasteiger partial charge < -0.3 is 15.2 Å². The molecule has 0 spiro atoms. The maximum Gasteiger partial charge on any atom is 0.391 e. The molecule has 0 saturated heterocycles. The van der Waals surface area contributed by atoms with Crippen molar-refractivity contribution < 1.29 is 22.6 Å². The number of nitrogens with two attached hydrogens (primary N) is 1. The average molecular weight is 263 g/mol. The molecule has 0 fully saturated rings. The van der Waals surface area contributed by atoms with Gasteiger partial charge in [0.05, 0.1) is 26.2 Å². The lowest BCUT2D eigenvalue weighted by atomic mass is 10.1. The third-order valence-corrected chi connectivity index (χ3v) is 2.40. The van der Waals surface area contributed by atoms with Crippen LogP contribution in [0.4, 0.5) is 13.2 Å². The van der Waals surface area contributed by atoms with Crippen molar-refractivity contribution in [2.75, 3.05) is 20.3 Å². The number of methoxy groups -OCH3 is 1. The fourth-order valence-electron chi connectivity index (χ4n) is 1.53. The molecule has 3 nitrogen and oxygen atoms in total. The number of para-hydroxylation sites is 1. The summed E-state index contributed by atoms with van der Waals surface area (Å²) in [4.78, 5) is 0. The molecule has 0 amide bonds. The van der Waals surface area contributed by atoms with E-state index in [-0.39, 0.29) is 6.54 Å². The summed E-state index contributed by atoms with van der Waals surface area (Å²) in [5.41, 5.74) is 6.17. The summed E-state index contributed by atoms with van der Waals surface area (Å²) in [6.45, 7) is -0.318. The van der Waals surface area contributed by atoms with Gasteiger partial charge in [-0.3, -0.25) is 0 Å². The van der Waals surface area contributed by atoms with Crippen molar-refractivity contribution in [1.29, 1.82) is 0 Å². The van der Waals surface area contributed by atoms with E-state index in [1.807, 2.05) is 0 Å². The average Bonchev–Trinajstić information content (AvgIpc) is 2.33. The zero-order valence-electron chi connectivity index (χ0n) is 10.0. The predicted octanol–water partition coefficient (Wildman–Crippen LogP) is 2.66. The Morgan fingerprint density at radius 1 is 1.28 bits per heavy atom. The van der Waals surface area contributed by atoms with E-state index in [1.54, 1.807) is 24.3 Å². The minimum absolute atomic E-state index is 0.0955. The Labute approximate surface area is 104 Å². The number of hydrogen-bond donors (Lipinski definition) is 1. The highest BCUT2D eigenvalue weighted by molar-refractivity contribution is 5.35. The summed E-state index contributed by atoms with van der Waals surface area (Å²) in [7, 11) is 1.49. The number of benzene rings is 1. The normalized spacial score (nSPS) is 13.4. The number of hydrogen-bond acceptors (Lipinski definition) is 3. The van der Waals surface area contributed by atoms with Crippen LogP contribution in [0.5, 0.6) is 5.75 Å². The fraction of sp³-hybridized carbons (Fsp3) is 0.500. The van der Waals surface area contributed by atoms with Crippen LogP contribution >= 0.6 is 0 Å². The van der Waals surface area contributed by atoms with Crippen LogP contribution in [0.3, 0.4) is 0 Å². The molecule has 1 aromatic carbocycles. The van der Waals surface area contributed by atoms with Crippen molar-refractivity contribution in [2.24, 2.45) is 5.73 Å². The molecule has 0 aromatic heterocycles. The molecular weight excluding hydrogens is 247 g/mol. The Morgan fingerprint density at radius 3 is 2.50 bits per heavy atom. The Hall–Kier alpha value is -1.27. The van der Waals surface area contributed by atoms with Gasteiger partial charge in [0.15, 0.2) is 0 Å². The number of halogens is 3. The van der Waals surface area contributed by atoms with Crippen LogP contribution in [0.25, 0.3) is 0 Å². The quantitative estimate of drug-likeness (QED) is 0.858. The lowest BCUT2D eigenvalue weighted by Crippen LogP contribution is -2.20. The summed E-state index contributed by atoms with van der Waals surface area (Å²) in [6.07, 6.45) is -5.80. The second-order valence-corrected chi connectivity index (χ2v) is 3.70. The molecular formula is C12H16F3NO2. The first-order valence-electron chi connectivity index (χ1n) is 5.49. The SMILES string of the molecule is COc1ccccc1C(CN)OCCC(F)(F)F. The molecule has 0 heterocycles. The van der Waals surface area contributed by atoms with Gasteiger partial charge in [-0.1, -0.05) is 18.2 Å². The highest BCUT2D eigenvalue weighted by Gasteiger charge is 2.27. The topological polar surface area (TPSA) is 44.5 Å². The summed E-state index contributed by atoms with van der Waals surface area (Å²) in [5.74, 6) is 0.556. The van der Waals surface area contributed by atoms with Crippen molar-refractivity contribution in [3.63, 3.8) is 0 Å². The van der Waals surface area contributed by atoms with Crippen molar-refractivity contribution in [2.45, 2.75) is 18.7 Å². The number of ether oxygens (including phenoxy) is 2. The maximum atomic E-state index is 12.0. The van der Waals surface area contributed by atoms with Gasteiger partial charge in [0.1, 0.15) is 5.75 Å². The molecule has 6 heteroatoms. The predicted molar refractivity (Wildman–Crippen MR) is 61.4 cm³/mol. The van der Waals surface area contributed by atoms with Crippen LogP contribution in [-0.4, -0.2) is 26.4 Å². The minimum atomic E-state index is -4.22. The van der Waals surface area contributed by atoms with Crippen LogP contribution in [0, 0.1) is 0 Å². The van der Waals surface area contributed by atoms with Crippen molar-refractivity contribution in [3.8, 4) is 5.75 Å². The summed E-state index contributed by atoms with van der Waals surface area (Å²) >= 11 is 0. The first kappa shape index (κ1) is 14.8. The smallest absolute Gasteiger partial charge is 0.391 e. The highest BCUT2D eigenvalue weighted by Crippen LogP contribution is 2.28. The summed E-state index contributed by atoms with van der Waals surface area (Å²) in [6, 6.07) is 6.97. The van der Waals surface area contributed by atoms with Crippen LogP contribution in [-0.2, 0) is 4.74 Å². The van der Waals surface area contributed by atoms with Crippen LogP contribution < -0.4 is 10.5 Å². The van der Waals surface area contributed by atoms with E-state index in [0.29, 0.717) is 11.3 Å². The molecule has 2 N–H and O–H groups in total. The molecule has 1 aromatic rings. The van der Waals surface area contributed by atoms with E-state index >= 15 is 0 Å². The molecule has 0 saturated carbocycles. The van der Waals surface area contributed by atoms with Gasteiger partial charge in [0, 0.05) is 12.1 Å². The first-order chi connectivity index (χ1) is 8.48. The molecule has 1 rings (SSSR count). The van der Waals surface area contributed by atoms with Crippen LogP contribution in [0.1, 0.15) is 18.1 Å². The van der Waals surface area contributed by atoms with E-state index < -0.39 is 25.3 Å². The van der Waals surface area contributed by atoms with E-state index in [4.69, 9.17) is 15.2 Å². The molecule has 0 aliphatic carbocycles. The zero-order chi connectivity index (χ0) is 13.6. The van der Waals surface area contributed by atoms with Gasteiger partial charge in [-0.2, -0.15) is 13.2 Å². The van der Waals surface area contributed by atoms with Crippen molar-refractivity contribution >= 4 is 0 Å². The van der Waals surface area contributed by atoms with Gasteiger partial charge in [-0.25, -0.2) is 0 Å². The fourth-order valence-corrected chi connectivity index (χ4v) is 1.53. The lowest BCUT2D eigenvalue weighted by Gasteiger charge is -2.19. The monoisotopic (exact) mass is 263 g/mol. The van der Waals surface area contributed by atoms with Gasteiger partial charge in [-0.15, -0.1) is 0 Å². The lowest BCUT2D eigenvalue weighted by molar-refractivity contribution is -0.149. The molecule has 1 unspecified atom stereocenters. The van der Waals surface area contributed by atoms with E-state index in [1.165, 1.54) is 7.11 Å². The Bertz CT molecular complexity index is 369. The largest absolute Gasteiger partial charge is 0.496 e. The van der Waals surface area contributed by atoms with Gasteiger partial charge in [0.2, 0.25) is 0 Å². The highest BCUT2D eigenvalue weighted by atomic mass is 19.4.